The van der Waals surface area contributed by atoms with E-state index in [1.165, 1.54) is 4.31 Å². The van der Waals surface area contributed by atoms with E-state index in [1.807, 2.05) is 6.07 Å². The zero-order chi connectivity index (χ0) is 14.4. The highest BCUT2D eigenvalue weighted by Gasteiger charge is 2.23. The van der Waals surface area contributed by atoms with Gasteiger partial charge in [-0.2, -0.15) is 18.0 Å². The molecule has 1 fully saturated rings. The monoisotopic (exact) mass is 297 g/mol. The Labute approximate surface area is 117 Å². The molecule has 2 rings (SSSR count). The van der Waals surface area contributed by atoms with Gasteiger partial charge in [-0.25, -0.2) is 0 Å². The van der Waals surface area contributed by atoms with Gasteiger partial charge in [0.2, 0.25) is 0 Å². The molecule has 0 atom stereocenters. The van der Waals surface area contributed by atoms with Crippen molar-refractivity contribution in [3.63, 3.8) is 0 Å². The van der Waals surface area contributed by atoms with Crippen LogP contribution in [0.2, 0.25) is 0 Å². The van der Waals surface area contributed by atoms with E-state index in [4.69, 9.17) is 14.7 Å². The van der Waals surface area contributed by atoms with Crippen LogP contribution in [0.4, 0.5) is 5.69 Å². The fraction of sp³-hybridized carbons (Fsp3) is 0.417. The minimum atomic E-state index is -3.56. The minimum Gasteiger partial charge on any atom is -0.479 e. The van der Waals surface area contributed by atoms with E-state index in [0.29, 0.717) is 37.7 Å². The predicted octanol–water partition coefficient (Wildman–Crippen LogP) is 0.578. The first kappa shape index (κ1) is 14.6. The Morgan fingerprint density at radius 2 is 1.95 bits per heavy atom. The maximum Gasteiger partial charge on any atom is 0.301 e. The molecule has 1 aromatic carbocycles. The molecule has 1 aromatic rings. The molecule has 0 bridgehead atoms. The van der Waals surface area contributed by atoms with Crippen LogP contribution in [0.5, 0.6) is 5.75 Å². The average molecular weight is 297 g/mol. The first-order chi connectivity index (χ1) is 9.62. The summed E-state index contributed by atoms with van der Waals surface area (Å²) in [7, 11) is -3.56. The lowest BCUT2D eigenvalue weighted by molar-refractivity contribution is 0.0733. The highest BCUT2D eigenvalue weighted by molar-refractivity contribution is 7.90. The summed E-state index contributed by atoms with van der Waals surface area (Å²) in [5.41, 5.74) is 0.445. The van der Waals surface area contributed by atoms with Crippen molar-refractivity contribution in [2.24, 2.45) is 0 Å². The molecule has 1 saturated heterocycles. The number of anilines is 1. The van der Waals surface area contributed by atoms with Crippen LogP contribution in [-0.2, 0) is 14.9 Å². The zero-order valence-corrected chi connectivity index (χ0v) is 11.6. The Kier molecular flexibility index (Phi) is 4.79. The number of nitrogens with one attached hydrogen (secondary N) is 1. The van der Waals surface area contributed by atoms with E-state index < -0.39 is 10.2 Å². The fourth-order valence-electron chi connectivity index (χ4n) is 1.74. The molecular formula is C12H15N3O4S. The quantitative estimate of drug-likeness (QED) is 0.858. The predicted molar refractivity (Wildman–Crippen MR) is 72.5 cm³/mol. The smallest absolute Gasteiger partial charge is 0.301 e. The number of rotatable bonds is 5. The second-order valence-corrected chi connectivity index (χ2v) is 5.76. The third-order valence-corrected chi connectivity index (χ3v) is 4.25. The molecule has 8 heteroatoms. The van der Waals surface area contributed by atoms with Gasteiger partial charge in [-0.15, -0.1) is 0 Å². The van der Waals surface area contributed by atoms with E-state index in [-0.39, 0.29) is 6.61 Å². The summed E-state index contributed by atoms with van der Waals surface area (Å²) in [6, 6.07) is 8.25. The molecule has 0 spiro atoms. The van der Waals surface area contributed by atoms with E-state index in [1.54, 1.807) is 24.3 Å². The second kappa shape index (κ2) is 6.56. The van der Waals surface area contributed by atoms with E-state index in [2.05, 4.69) is 4.72 Å². The van der Waals surface area contributed by atoms with Crippen molar-refractivity contribution in [3.8, 4) is 11.8 Å². The fourth-order valence-corrected chi connectivity index (χ4v) is 2.93. The number of nitriles is 1. The minimum absolute atomic E-state index is 0.0428. The molecule has 108 valence electrons. The lowest BCUT2D eigenvalue weighted by atomic mass is 10.3. The van der Waals surface area contributed by atoms with Crippen molar-refractivity contribution >= 4 is 15.9 Å². The van der Waals surface area contributed by atoms with Crippen LogP contribution in [0, 0.1) is 11.3 Å². The van der Waals surface area contributed by atoms with E-state index in [0.717, 1.165) is 0 Å². The van der Waals surface area contributed by atoms with Crippen LogP contribution in [0.3, 0.4) is 0 Å². The second-order valence-electron chi connectivity index (χ2n) is 4.09. The average Bonchev–Trinajstić information content (AvgIpc) is 2.47. The highest BCUT2D eigenvalue weighted by atomic mass is 32.2. The number of hydrogen-bond acceptors (Lipinski definition) is 5. The Hall–Kier alpha value is -1.82. The maximum absolute atomic E-state index is 12.1. The lowest BCUT2D eigenvalue weighted by Crippen LogP contribution is -2.43. The number of nitrogens with zero attached hydrogens (tertiary/aromatic N) is 2. The Morgan fingerprint density at radius 1 is 1.30 bits per heavy atom. The molecule has 1 N–H and O–H groups in total. The maximum atomic E-state index is 12.1. The van der Waals surface area contributed by atoms with Gasteiger partial charge in [0, 0.05) is 13.1 Å². The molecule has 1 heterocycles. The Morgan fingerprint density at radius 3 is 2.55 bits per heavy atom. The first-order valence-corrected chi connectivity index (χ1v) is 7.51. The number of benzene rings is 1. The molecule has 0 aromatic heterocycles. The molecule has 1 aliphatic heterocycles. The molecule has 0 amide bonds. The number of ether oxygens (including phenoxy) is 2. The first-order valence-electron chi connectivity index (χ1n) is 6.07. The molecule has 20 heavy (non-hydrogen) atoms. The lowest BCUT2D eigenvalue weighted by Gasteiger charge is -2.26. The SMILES string of the molecule is N#CCOc1ccc(NS(=O)(=O)N2CCOCC2)cc1. The highest BCUT2D eigenvalue weighted by Crippen LogP contribution is 2.18. The number of morpholine rings is 1. The topological polar surface area (TPSA) is 91.7 Å². The van der Waals surface area contributed by atoms with Gasteiger partial charge in [-0.3, -0.25) is 4.72 Å². The Balaban J connectivity index is 2.00. The standard InChI is InChI=1S/C12H15N3O4S/c13-5-8-19-12-3-1-11(2-4-12)14-20(16,17)15-6-9-18-10-7-15/h1-4,14H,6-10H2. The largest absolute Gasteiger partial charge is 0.479 e. The van der Waals surface area contributed by atoms with Crippen molar-refractivity contribution in [1.82, 2.24) is 4.31 Å². The molecule has 0 unspecified atom stereocenters. The van der Waals surface area contributed by atoms with Crippen LogP contribution < -0.4 is 9.46 Å². The van der Waals surface area contributed by atoms with Crippen LogP contribution in [-0.4, -0.2) is 45.6 Å². The molecule has 0 radical (unpaired) electrons. The van der Waals surface area contributed by atoms with Gasteiger partial charge in [0.05, 0.1) is 18.9 Å². The van der Waals surface area contributed by atoms with E-state index in [9.17, 15) is 8.42 Å². The summed E-state index contributed by atoms with van der Waals surface area (Å²) in [4.78, 5) is 0. The van der Waals surface area contributed by atoms with Gasteiger partial charge in [0.25, 0.3) is 0 Å². The van der Waals surface area contributed by atoms with Crippen molar-refractivity contribution in [2.45, 2.75) is 0 Å². The van der Waals surface area contributed by atoms with Gasteiger partial charge >= 0.3 is 10.2 Å². The van der Waals surface area contributed by atoms with Crippen molar-refractivity contribution in [2.75, 3.05) is 37.6 Å². The van der Waals surface area contributed by atoms with Gasteiger partial charge in [0.15, 0.2) is 6.61 Å². The van der Waals surface area contributed by atoms with Crippen molar-refractivity contribution in [1.29, 1.82) is 5.26 Å². The van der Waals surface area contributed by atoms with Crippen LogP contribution in [0.25, 0.3) is 0 Å². The third-order valence-electron chi connectivity index (χ3n) is 2.71. The molecule has 1 aliphatic rings. The normalized spacial score (nSPS) is 16.4. The summed E-state index contributed by atoms with van der Waals surface area (Å²) in [6.07, 6.45) is 0. The van der Waals surface area contributed by atoms with Crippen LogP contribution >= 0.6 is 0 Å². The van der Waals surface area contributed by atoms with Crippen molar-refractivity contribution < 1.29 is 17.9 Å². The zero-order valence-electron chi connectivity index (χ0n) is 10.8. The van der Waals surface area contributed by atoms with Crippen LogP contribution in [0.1, 0.15) is 0 Å². The summed E-state index contributed by atoms with van der Waals surface area (Å²) in [6.45, 7) is 1.46. The molecule has 0 aliphatic carbocycles. The summed E-state index contributed by atoms with van der Waals surface area (Å²) >= 11 is 0. The molecular weight excluding hydrogens is 282 g/mol. The number of hydrogen-bond donors (Lipinski definition) is 1. The van der Waals surface area contributed by atoms with Gasteiger partial charge < -0.3 is 9.47 Å². The summed E-state index contributed by atoms with van der Waals surface area (Å²) in [5.74, 6) is 0.515. The van der Waals surface area contributed by atoms with Gasteiger partial charge in [-0.1, -0.05) is 0 Å². The Bertz CT molecular complexity index is 574. The molecule has 0 saturated carbocycles. The summed E-state index contributed by atoms with van der Waals surface area (Å²) in [5, 5.41) is 8.40. The van der Waals surface area contributed by atoms with Gasteiger partial charge in [0.1, 0.15) is 11.8 Å². The summed E-state index contributed by atoms with van der Waals surface area (Å²) < 4.78 is 38.2. The van der Waals surface area contributed by atoms with Crippen LogP contribution in [0.15, 0.2) is 24.3 Å². The third kappa shape index (κ3) is 3.84. The van der Waals surface area contributed by atoms with Gasteiger partial charge in [-0.05, 0) is 24.3 Å². The van der Waals surface area contributed by atoms with E-state index >= 15 is 0 Å². The van der Waals surface area contributed by atoms with Crippen molar-refractivity contribution in [3.05, 3.63) is 24.3 Å². The molecule has 7 nitrogen and oxygen atoms in total.